The molecular weight excluding hydrogens is 298 g/mol. The van der Waals surface area contributed by atoms with Gasteiger partial charge >= 0.3 is 0 Å². The number of rotatable bonds is 4. The van der Waals surface area contributed by atoms with Crippen LogP contribution in [0.5, 0.6) is 0 Å². The van der Waals surface area contributed by atoms with Gasteiger partial charge in [-0.2, -0.15) is 0 Å². The van der Waals surface area contributed by atoms with Crippen molar-refractivity contribution in [3.05, 3.63) is 23.8 Å². The molecule has 22 heavy (non-hydrogen) atoms. The fourth-order valence-electron chi connectivity index (χ4n) is 2.84. The van der Waals surface area contributed by atoms with Crippen molar-refractivity contribution in [1.29, 1.82) is 0 Å². The van der Waals surface area contributed by atoms with Gasteiger partial charge in [0, 0.05) is 32.1 Å². The molecule has 0 unspecified atom stereocenters. The van der Waals surface area contributed by atoms with Crippen LogP contribution < -0.4 is 5.32 Å². The van der Waals surface area contributed by atoms with Gasteiger partial charge in [-0.05, 0) is 30.2 Å². The van der Waals surface area contributed by atoms with Gasteiger partial charge in [0.2, 0.25) is 0 Å². The van der Waals surface area contributed by atoms with Crippen LogP contribution in [0.3, 0.4) is 0 Å². The molecule has 3 aromatic heterocycles. The first-order chi connectivity index (χ1) is 10.7. The molecule has 0 aliphatic heterocycles. The van der Waals surface area contributed by atoms with Crippen molar-refractivity contribution < 1.29 is 5.11 Å². The number of aromatic nitrogens is 4. The average molecular weight is 315 g/mol. The predicted octanol–water partition coefficient (Wildman–Crippen LogP) is 2.27. The summed E-state index contributed by atoms with van der Waals surface area (Å²) in [7, 11) is 1.94. The van der Waals surface area contributed by atoms with E-state index >= 15 is 0 Å². The molecule has 3 aromatic rings. The van der Waals surface area contributed by atoms with Crippen molar-refractivity contribution in [1.82, 2.24) is 19.5 Å². The molecule has 0 spiro atoms. The van der Waals surface area contributed by atoms with Gasteiger partial charge in [-0.3, -0.25) is 0 Å². The second kappa shape index (κ2) is 5.33. The third kappa shape index (κ3) is 2.26. The minimum absolute atomic E-state index is 0.272. The van der Waals surface area contributed by atoms with Crippen molar-refractivity contribution in [3.63, 3.8) is 0 Å². The summed E-state index contributed by atoms with van der Waals surface area (Å²) in [6, 6.07) is 2.43. The van der Waals surface area contributed by atoms with Crippen molar-refractivity contribution in [2.75, 3.05) is 11.9 Å². The van der Waals surface area contributed by atoms with Gasteiger partial charge in [0.05, 0.1) is 5.39 Å². The quantitative estimate of drug-likeness (QED) is 0.772. The van der Waals surface area contributed by atoms with Crippen molar-refractivity contribution in [2.24, 2.45) is 13.0 Å². The fourth-order valence-corrected chi connectivity index (χ4v) is 3.61. The largest absolute Gasteiger partial charge is 0.396 e. The summed E-state index contributed by atoms with van der Waals surface area (Å²) in [4.78, 5) is 14.6. The van der Waals surface area contributed by atoms with E-state index in [0.717, 1.165) is 34.7 Å². The number of aliphatic hydroxyl groups is 1. The fraction of sp³-hybridized carbons (Fsp3) is 0.400. The van der Waals surface area contributed by atoms with E-state index in [1.807, 2.05) is 29.3 Å². The Labute approximate surface area is 131 Å². The summed E-state index contributed by atoms with van der Waals surface area (Å²) in [5.74, 6) is 2.69. The van der Waals surface area contributed by atoms with Crippen LogP contribution in [-0.4, -0.2) is 37.3 Å². The predicted molar refractivity (Wildman–Crippen MR) is 86.8 cm³/mol. The van der Waals surface area contributed by atoms with Gasteiger partial charge in [-0.1, -0.05) is 0 Å². The lowest BCUT2D eigenvalue weighted by molar-refractivity contribution is 0.151. The van der Waals surface area contributed by atoms with E-state index in [4.69, 9.17) is 5.11 Å². The van der Waals surface area contributed by atoms with Gasteiger partial charge in [0.15, 0.2) is 11.6 Å². The maximum Gasteiger partial charge on any atom is 0.199 e. The SMILES string of the molecule is Cn1ccnc1-c1nc(NC2CC(CO)C2)c2ccsc2n1. The van der Waals surface area contributed by atoms with Crippen LogP contribution in [0.2, 0.25) is 0 Å². The summed E-state index contributed by atoms with van der Waals surface area (Å²) < 4.78 is 1.92. The molecule has 7 heteroatoms. The Morgan fingerprint density at radius 3 is 3.00 bits per heavy atom. The molecule has 6 nitrogen and oxygen atoms in total. The number of aryl methyl sites for hydroxylation is 1. The zero-order valence-corrected chi connectivity index (χ0v) is 13.0. The maximum absolute atomic E-state index is 9.15. The van der Waals surface area contributed by atoms with E-state index < -0.39 is 0 Å². The zero-order valence-electron chi connectivity index (χ0n) is 12.2. The monoisotopic (exact) mass is 315 g/mol. The van der Waals surface area contributed by atoms with Crippen molar-refractivity contribution in [3.8, 4) is 11.6 Å². The van der Waals surface area contributed by atoms with Crippen LogP contribution in [0.4, 0.5) is 5.82 Å². The normalized spacial score (nSPS) is 21.0. The summed E-state index contributed by atoms with van der Waals surface area (Å²) in [6.45, 7) is 0.272. The van der Waals surface area contributed by atoms with Gasteiger partial charge in [-0.25, -0.2) is 15.0 Å². The van der Waals surface area contributed by atoms with E-state index in [0.29, 0.717) is 17.8 Å². The van der Waals surface area contributed by atoms with E-state index in [2.05, 4.69) is 20.3 Å². The smallest absolute Gasteiger partial charge is 0.199 e. The van der Waals surface area contributed by atoms with Crippen LogP contribution in [0.15, 0.2) is 23.8 Å². The highest BCUT2D eigenvalue weighted by Crippen LogP contribution is 2.33. The lowest BCUT2D eigenvalue weighted by Crippen LogP contribution is -2.37. The Kier molecular flexibility index (Phi) is 3.31. The molecule has 1 fully saturated rings. The molecule has 0 saturated heterocycles. The Morgan fingerprint density at radius 2 is 2.27 bits per heavy atom. The van der Waals surface area contributed by atoms with E-state index in [-0.39, 0.29) is 6.61 Å². The number of imidazole rings is 1. The third-order valence-corrected chi connectivity index (χ3v) is 4.99. The summed E-state index contributed by atoms with van der Waals surface area (Å²) in [5.41, 5.74) is 0. The van der Waals surface area contributed by atoms with E-state index in [1.54, 1.807) is 17.5 Å². The van der Waals surface area contributed by atoms with Gasteiger partial charge in [-0.15, -0.1) is 11.3 Å². The van der Waals surface area contributed by atoms with Crippen LogP contribution in [0.1, 0.15) is 12.8 Å². The Bertz CT molecular complexity index is 805. The molecule has 0 bridgehead atoms. The summed E-state index contributed by atoms with van der Waals surface area (Å²) >= 11 is 1.61. The number of thiophene rings is 1. The highest BCUT2D eigenvalue weighted by atomic mass is 32.1. The molecule has 1 saturated carbocycles. The van der Waals surface area contributed by atoms with E-state index in [1.165, 1.54) is 0 Å². The topological polar surface area (TPSA) is 75.9 Å². The lowest BCUT2D eigenvalue weighted by Gasteiger charge is -2.35. The molecule has 4 rings (SSSR count). The first-order valence-electron chi connectivity index (χ1n) is 7.35. The molecule has 0 atom stereocenters. The number of fused-ring (bicyclic) bond motifs is 1. The molecule has 0 aromatic carbocycles. The summed E-state index contributed by atoms with van der Waals surface area (Å²) in [6.07, 6.45) is 5.62. The molecule has 2 N–H and O–H groups in total. The number of aliphatic hydroxyl groups excluding tert-OH is 1. The van der Waals surface area contributed by atoms with Gasteiger partial charge in [0.25, 0.3) is 0 Å². The second-order valence-corrected chi connectivity index (χ2v) is 6.65. The Morgan fingerprint density at radius 1 is 1.41 bits per heavy atom. The molecule has 1 aliphatic rings. The lowest BCUT2D eigenvalue weighted by atomic mass is 9.81. The van der Waals surface area contributed by atoms with Crippen LogP contribution in [-0.2, 0) is 7.05 Å². The maximum atomic E-state index is 9.15. The van der Waals surface area contributed by atoms with Crippen LogP contribution >= 0.6 is 11.3 Å². The Hall–Kier alpha value is -1.99. The highest BCUT2D eigenvalue weighted by Gasteiger charge is 2.29. The number of nitrogens with one attached hydrogen (secondary N) is 1. The third-order valence-electron chi connectivity index (χ3n) is 4.18. The molecular formula is C15H17N5OS. The molecule has 1 aliphatic carbocycles. The van der Waals surface area contributed by atoms with Crippen LogP contribution in [0, 0.1) is 5.92 Å². The number of hydrogen-bond acceptors (Lipinski definition) is 6. The molecule has 0 radical (unpaired) electrons. The molecule has 114 valence electrons. The zero-order chi connectivity index (χ0) is 15.1. The minimum Gasteiger partial charge on any atom is -0.396 e. The Balaban J connectivity index is 1.70. The van der Waals surface area contributed by atoms with Gasteiger partial charge in [0.1, 0.15) is 10.6 Å². The number of anilines is 1. The van der Waals surface area contributed by atoms with Crippen molar-refractivity contribution >= 4 is 27.4 Å². The van der Waals surface area contributed by atoms with Gasteiger partial charge < -0.3 is 15.0 Å². The summed E-state index contributed by atoms with van der Waals surface area (Å²) in [5, 5.41) is 15.7. The van der Waals surface area contributed by atoms with Crippen LogP contribution in [0.25, 0.3) is 21.9 Å². The first-order valence-corrected chi connectivity index (χ1v) is 8.23. The first kappa shape index (κ1) is 13.7. The molecule has 3 heterocycles. The number of hydrogen-bond donors (Lipinski definition) is 2. The second-order valence-electron chi connectivity index (χ2n) is 5.76. The highest BCUT2D eigenvalue weighted by molar-refractivity contribution is 7.16. The average Bonchev–Trinajstić information content (AvgIpc) is 3.10. The van der Waals surface area contributed by atoms with E-state index in [9.17, 15) is 0 Å². The minimum atomic E-state index is 0.272. The number of nitrogens with zero attached hydrogens (tertiary/aromatic N) is 4. The van der Waals surface area contributed by atoms with Crippen molar-refractivity contribution in [2.45, 2.75) is 18.9 Å². The standard InChI is InChI=1S/C15H17N5OS/c1-20-4-3-16-14(20)13-18-12(11-2-5-22-15(11)19-13)17-10-6-9(7-10)8-21/h2-5,9-10,21H,6-8H2,1H3,(H,17,18,19). The molecule has 0 amide bonds.